The van der Waals surface area contributed by atoms with Crippen molar-refractivity contribution in [3.63, 3.8) is 0 Å². The van der Waals surface area contributed by atoms with Gasteiger partial charge in [-0.3, -0.25) is 0 Å². The van der Waals surface area contributed by atoms with Gasteiger partial charge in [-0.05, 0) is 18.6 Å². The van der Waals surface area contributed by atoms with Gasteiger partial charge in [-0.15, -0.1) is 0 Å². The number of nitrogens with zero attached hydrogens (tertiary/aromatic N) is 2. The Bertz CT molecular complexity index is 580. The van der Waals surface area contributed by atoms with Crippen molar-refractivity contribution in [3.8, 4) is 0 Å². The second kappa shape index (κ2) is 7.02. The number of methoxy groups -OCH3 is 1. The summed E-state index contributed by atoms with van der Waals surface area (Å²) in [5.41, 5.74) is 1.60. The maximum atomic E-state index is 11.1. The molecule has 0 saturated heterocycles. The minimum absolute atomic E-state index is 0.234. The van der Waals surface area contributed by atoms with E-state index in [9.17, 15) is 4.79 Å². The third kappa shape index (κ3) is 3.34. The topological polar surface area (TPSA) is 73.6 Å². The highest BCUT2D eigenvalue weighted by atomic mass is 16.5. The van der Waals surface area contributed by atoms with E-state index in [0.717, 1.165) is 18.5 Å². The number of carboxylic acid groups (broad SMARTS) is 1. The van der Waals surface area contributed by atoms with Crippen molar-refractivity contribution in [1.29, 1.82) is 0 Å². The van der Waals surface area contributed by atoms with Crippen LogP contribution < -0.4 is 0 Å². The maximum Gasteiger partial charge on any atom is 0.337 e. The second-order valence-electron chi connectivity index (χ2n) is 4.38. The fraction of sp³-hybridized carbons (Fsp3) is 0.429. The summed E-state index contributed by atoms with van der Waals surface area (Å²) in [5.74, 6) is -0.955. The summed E-state index contributed by atoms with van der Waals surface area (Å²) in [6.45, 7) is 2.56. The van der Waals surface area contributed by atoms with Gasteiger partial charge in [-0.1, -0.05) is 6.07 Å². The first kappa shape index (κ1) is 14.5. The zero-order valence-electron chi connectivity index (χ0n) is 11.4. The Labute approximate surface area is 116 Å². The number of carbonyl (C=O) groups is 1. The number of hydrogen-bond donors (Lipinski definition) is 1. The number of imidazole rings is 1. The summed E-state index contributed by atoms with van der Waals surface area (Å²) in [6.07, 6.45) is 2.51. The monoisotopic (exact) mass is 278 g/mol. The van der Waals surface area contributed by atoms with Crippen molar-refractivity contribution < 1.29 is 19.4 Å². The molecule has 0 fully saturated rings. The molecule has 6 heteroatoms. The minimum atomic E-state index is -0.955. The van der Waals surface area contributed by atoms with E-state index in [1.165, 1.54) is 0 Å². The van der Waals surface area contributed by atoms with E-state index in [0.29, 0.717) is 25.3 Å². The predicted octanol–water partition coefficient (Wildman–Crippen LogP) is 1.79. The third-order valence-corrected chi connectivity index (χ3v) is 3.00. The minimum Gasteiger partial charge on any atom is -0.478 e. The number of aromatic nitrogens is 2. The highest BCUT2D eigenvalue weighted by Crippen LogP contribution is 2.17. The number of aryl methyl sites for hydroxylation is 1. The molecule has 1 heterocycles. The van der Waals surface area contributed by atoms with Crippen LogP contribution in [-0.2, 0) is 16.0 Å². The lowest BCUT2D eigenvalue weighted by Crippen LogP contribution is -2.06. The molecule has 0 aliphatic heterocycles. The summed E-state index contributed by atoms with van der Waals surface area (Å²) < 4.78 is 12.2. The van der Waals surface area contributed by atoms with Crippen LogP contribution in [0, 0.1) is 0 Å². The third-order valence-electron chi connectivity index (χ3n) is 3.00. The lowest BCUT2D eigenvalue weighted by Gasteiger charge is -2.06. The van der Waals surface area contributed by atoms with Crippen molar-refractivity contribution in [2.45, 2.75) is 13.0 Å². The van der Waals surface area contributed by atoms with Gasteiger partial charge in [0.25, 0.3) is 0 Å². The summed E-state index contributed by atoms with van der Waals surface area (Å²) in [5, 5.41) is 9.11. The normalized spacial score (nSPS) is 11.1. The first-order valence-corrected chi connectivity index (χ1v) is 6.48. The van der Waals surface area contributed by atoms with Crippen LogP contribution in [0.2, 0.25) is 0 Å². The average molecular weight is 278 g/mol. The molecule has 0 radical (unpaired) electrons. The predicted molar refractivity (Wildman–Crippen MR) is 74.0 cm³/mol. The Morgan fingerprint density at radius 2 is 2.20 bits per heavy atom. The molecular weight excluding hydrogens is 260 g/mol. The molecular formula is C14H18N2O4. The number of hydrogen-bond acceptors (Lipinski definition) is 4. The maximum absolute atomic E-state index is 11.1. The van der Waals surface area contributed by atoms with Gasteiger partial charge in [0, 0.05) is 20.3 Å². The van der Waals surface area contributed by atoms with E-state index in [2.05, 4.69) is 4.98 Å². The summed E-state index contributed by atoms with van der Waals surface area (Å²) in [4.78, 5) is 15.3. The van der Waals surface area contributed by atoms with Gasteiger partial charge in [0.2, 0.25) is 0 Å². The van der Waals surface area contributed by atoms with Gasteiger partial charge < -0.3 is 19.1 Å². The molecule has 0 atom stereocenters. The van der Waals surface area contributed by atoms with Gasteiger partial charge in [-0.25, -0.2) is 9.78 Å². The SMILES string of the molecule is COCCOCCCn1cnc2c(C(=O)O)cccc21. The van der Waals surface area contributed by atoms with Crippen molar-refractivity contribution in [3.05, 3.63) is 30.1 Å². The molecule has 2 aromatic rings. The van der Waals surface area contributed by atoms with Gasteiger partial charge in [-0.2, -0.15) is 0 Å². The summed E-state index contributed by atoms with van der Waals surface area (Å²) >= 11 is 0. The Balaban J connectivity index is 1.98. The fourth-order valence-corrected chi connectivity index (χ4v) is 2.02. The molecule has 0 bridgehead atoms. The summed E-state index contributed by atoms with van der Waals surface area (Å²) in [6, 6.07) is 5.18. The van der Waals surface area contributed by atoms with E-state index in [1.807, 2.05) is 10.6 Å². The van der Waals surface area contributed by atoms with Crippen LogP contribution in [0.3, 0.4) is 0 Å². The van der Waals surface area contributed by atoms with Crippen LogP contribution in [0.1, 0.15) is 16.8 Å². The van der Waals surface area contributed by atoms with Gasteiger partial charge >= 0.3 is 5.97 Å². The molecule has 108 valence electrons. The Morgan fingerprint density at radius 1 is 1.35 bits per heavy atom. The average Bonchev–Trinajstić information content (AvgIpc) is 2.85. The molecule has 6 nitrogen and oxygen atoms in total. The lowest BCUT2D eigenvalue weighted by atomic mass is 10.2. The smallest absolute Gasteiger partial charge is 0.337 e. The first-order chi connectivity index (χ1) is 9.74. The molecule has 1 aromatic carbocycles. The molecule has 1 N–H and O–H groups in total. The van der Waals surface area contributed by atoms with E-state index in [4.69, 9.17) is 14.6 Å². The van der Waals surface area contributed by atoms with Gasteiger partial charge in [0.1, 0.15) is 5.52 Å². The molecule has 0 aliphatic carbocycles. The number of carboxylic acids is 1. The Morgan fingerprint density at radius 3 is 2.95 bits per heavy atom. The molecule has 20 heavy (non-hydrogen) atoms. The number of rotatable bonds is 8. The fourth-order valence-electron chi connectivity index (χ4n) is 2.02. The second-order valence-corrected chi connectivity index (χ2v) is 4.38. The van der Waals surface area contributed by atoms with Crippen molar-refractivity contribution >= 4 is 17.0 Å². The van der Waals surface area contributed by atoms with Gasteiger partial charge in [0.05, 0.1) is 30.6 Å². The zero-order chi connectivity index (χ0) is 14.4. The summed E-state index contributed by atoms with van der Waals surface area (Å²) in [7, 11) is 1.64. The van der Waals surface area contributed by atoms with E-state index in [1.54, 1.807) is 25.6 Å². The molecule has 0 unspecified atom stereocenters. The van der Waals surface area contributed by atoms with Crippen molar-refractivity contribution in [2.75, 3.05) is 26.9 Å². The highest BCUT2D eigenvalue weighted by molar-refractivity contribution is 6.00. The molecule has 1 aromatic heterocycles. The van der Waals surface area contributed by atoms with E-state index >= 15 is 0 Å². The lowest BCUT2D eigenvalue weighted by molar-refractivity contribution is 0.0681. The number of aromatic carboxylic acids is 1. The number of para-hydroxylation sites is 1. The van der Waals surface area contributed by atoms with Gasteiger partial charge in [0.15, 0.2) is 0 Å². The van der Waals surface area contributed by atoms with E-state index < -0.39 is 5.97 Å². The standard InChI is InChI=1S/C14H18N2O4/c1-19-8-9-20-7-3-6-16-10-15-13-11(14(17)18)4-2-5-12(13)16/h2,4-5,10H,3,6-9H2,1H3,(H,17,18). The van der Waals surface area contributed by atoms with Crippen molar-refractivity contribution in [2.24, 2.45) is 0 Å². The largest absolute Gasteiger partial charge is 0.478 e. The molecule has 0 spiro atoms. The van der Waals surface area contributed by atoms with Crippen molar-refractivity contribution in [1.82, 2.24) is 9.55 Å². The Hall–Kier alpha value is -1.92. The molecule has 0 saturated carbocycles. The van der Waals surface area contributed by atoms with Crippen LogP contribution in [0.15, 0.2) is 24.5 Å². The number of fused-ring (bicyclic) bond motifs is 1. The molecule has 2 rings (SSSR count). The quantitative estimate of drug-likeness (QED) is 0.745. The Kier molecular flexibility index (Phi) is 5.09. The number of benzene rings is 1. The van der Waals surface area contributed by atoms with Crippen LogP contribution >= 0.6 is 0 Å². The zero-order valence-corrected chi connectivity index (χ0v) is 11.4. The molecule has 0 amide bonds. The van der Waals surface area contributed by atoms with Crippen LogP contribution in [0.25, 0.3) is 11.0 Å². The van der Waals surface area contributed by atoms with Crippen LogP contribution in [-0.4, -0.2) is 47.6 Å². The van der Waals surface area contributed by atoms with Crippen LogP contribution in [0.4, 0.5) is 0 Å². The van der Waals surface area contributed by atoms with Crippen LogP contribution in [0.5, 0.6) is 0 Å². The first-order valence-electron chi connectivity index (χ1n) is 6.48. The number of ether oxygens (including phenoxy) is 2. The molecule has 0 aliphatic rings. The highest BCUT2D eigenvalue weighted by Gasteiger charge is 2.11. The van der Waals surface area contributed by atoms with E-state index in [-0.39, 0.29) is 5.56 Å².